The van der Waals surface area contributed by atoms with Crippen molar-refractivity contribution in [2.45, 2.75) is 6.92 Å². The number of phenols is 1. The Hall–Kier alpha value is -3.64. The maximum Gasteiger partial charge on any atom is 0.328 e. The van der Waals surface area contributed by atoms with Crippen molar-refractivity contribution in [3.63, 3.8) is 0 Å². The number of pyridine rings is 1. The lowest BCUT2D eigenvalue weighted by atomic mass is 10.1. The second-order valence-corrected chi connectivity index (χ2v) is 7.47. The Labute approximate surface area is 171 Å². The first kappa shape index (κ1) is 18.7. The molecule has 0 aliphatic rings. The van der Waals surface area contributed by atoms with E-state index in [1.807, 2.05) is 25.1 Å². The quantitative estimate of drug-likeness (QED) is 0.408. The molecule has 0 fully saturated rings. The third-order valence-electron chi connectivity index (χ3n) is 4.40. The first-order chi connectivity index (χ1) is 14.0. The standard InChI is InChI=1S/C23H17NO4S/c1-14-18(3-2-12-24-14)23-22(19-10-7-16(25)13-20(19)29-23)28-17-8-4-15(5-9-17)6-11-21(26)27/h2-13,25H,1H3,(H,26,27)/b11-6+. The molecule has 0 amide bonds. The maximum atomic E-state index is 10.7. The summed E-state index contributed by atoms with van der Waals surface area (Å²) in [6, 6.07) is 16.3. The summed E-state index contributed by atoms with van der Waals surface area (Å²) in [6.45, 7) is 1.95. The van der Waals surface area contributed by atoms with E-state index in [0.717, 1.165) is 37.9 Å². The number of aryl methyl sites for hydroxylation is 1. The summed E-state index contributed by atoms with van der Waals surface area (Å²) in [7, 11) is 0. The van der Waals surface area contributed by atoms with Crippen LogP contribution in [0, 0.1) is 6.92 Å². The van der Waals surface area contributed by atoms with Gasteiger partial charge in [0.05, 0.1) is 4.88 Å². The van der Waals surface area contributed by atoms with E-state index < -0.39 is 5.97 Å². The zero-order chi connectivity index (χ0) is 20.4. The zero-order valence-corrected chi connectivity index (χ0v) is 16.3. The van der Waals surface area contributed by atoms with Gasteiger partial charge in [0.2, 0.25) is 0 Å². The number of fused-ring (bicyclic) bond motifs is 1. The molecule has 6 heteroatoms. The number of phenolic OH excluding ortho intramolecular Hbond substituents is 1. The Morgan fingerprint density at radius 1 is 1.14 bits per heavy atom. The second kappa shape index (κ2) is 7.77. The van der Waals surface area contributed by atoms with E-state index in [9.17, 15) is 9.90 Å². The van der Waals surface area contributed by atoms with Crippen molar-refractivity contribution >= 4 is 33.5 Å². The number of hydrogen-bond acceptors (Lipinski definition) is 5. The van der Waals surface area contributed by atoms with E-state index in [1.54, 1.807) is 42.6 Å². The number of aromatic hydroxyl groups is 1. The third-order valence-corrected chi connectivity index (χ3v) is 5.57. The molecule has 0 bridgehead atoms. The van der Waals surface area contributed by atoms with E-state index in [1.165, 1.54) is 17.4 Å². The number of hydrogen-bond donors (Lipinski definition) is 2. The van der Waals surface area contributed by atoms with E-state index >= 15 is 0 Å². The summed E-state index contributed by atoms with van der Waals surface area (Å²) in [5, 5.41) is 19.5. The molecule has 2 aromatic carbocycles. The van der Waals surface area contributed by atoms with Gasteiger partial charge in [0, 0.05) is 33.6 Å². The summed E-state index contributed by atoms with van der Waals surface area (Å²) < 4.78 is 7.17. The molecule has 0 radical (unpaired) electrons. The van der Waals surface area contributed by atoms with E-state index in [2.05, 4.69) is 4.98 Å². The van der Waals surface area contributed by atoms with Gasteiger partial charge >= 0.3 is 5.97 Å². The highest BCUT2D eigenvalue weighted by atomic mass is 32.1. The number of nitrogens with zero attached hydrogens (tertiary/aromatic N) is 1. The first-order valence-corrected chi connectivity index (χ1v) is 9.69. The van der Waals surface area contributed by atoms with Crippen LogP contribution in [0.5, 0.6) is 17.2 Å². The molecule has 4 aromatic rings. The predicted molar refractivity (Wildman–Crippen MR) is 115 cm³/mol. The van der Waals surface area contributed by atoms with Crippen LogP contribution in [0.3, 0.4) is 0 Å². The average molecular weight is 403 g/mol. The summed E-state index contributed by atoms with van der Waals surface area (Å²) in [5.74, 6) is 0.548. The lowest BCUT2D eigenvalue weighted by molar-refractivity contribution is -0.131. The molecule has 2 N–H and O–H groups in total. The lowest BCUT2D eigenvalue weighted by Crippen LogP contribution is -1.89. The van der Waals surface area contributed by atoms with E-state index in [4.69, 9.17) is 9.84 Å². The number of benzene rings is 2. The number of carboxylic acids is 1. The summed E-state index contributed by atoms with van der Waals surface area (Å²) in [4.78, 5) is 16.0. The largest absolute Gasteiger partial charge is 0.508 e. The predicted octanol–water partition coefficient (Wildman–Crippen LogP) is 5.87. The minimum absolute atomic E-state index is 0.203. The van der Waals surface area contributed by atoms with Crippen LogP contribution in [0.25, 0.3) is 26.6 Å². The number of carbonyl (C=O) groups is 1. The molecule has 2 aromatic heterocycles. The second-order valence-electron chi connectivity index (χ2n) is 6.42. The average Bonchev–Trinajstić information content (AvgIpc) is 3.05. The SMILES string of the molecule is Cc1ncccc1-c1sc2cc(O)ccc2c1Oc1ccc(/C=C/C(=O)O)cc1. The maximum absolute atomic E-state index is 10.7. The van der Waals surface area contributed by atoms with Crippen LogP contribution in [0.2, 0.25) is 0 Å². The van der Waals surface area contributed by atoms with Crippen LogP contribution in [-0.4, -0.2) is 21.2 Å². The number of carboxylic acid groups (broad SMARTS) is 1. The van der Waals surface area contributed by atoms with Crippen LogP contribution >= 0.6 is 11.3 Å². The summed E-state index contributed by atoms with van der Waals surface area (Å²) in [6.07, 6.45) is 4.37. The number of aromatic nitrogens is 1. The molecular weight excluding hydrogens is 386 g/mol. The number of aliphatic carboxylic acids is 1. The van der Waals surface area contributed by atoms with Gasteiger partial charge < -0.3 is 14.9 Å². The molecule has 29 heavy (non-hydrogen) atoms. The van der Waals surface area contributed by atoms with E-state index in [0.29, 0.717) is 11.5 Å². The Balaban J connectivity index is 1.77. The first-order valence-electron chi connectivity index (χ1n) is 8.88. The van der Waals surface area contributed by atoms with Crippen molar-refractivity contribution in [3.8, 4) is 27.7 Å². The Bertz CT molecular complexity index is 1230. The van der Waals surface area contributed by atoms with Gasteiger partial charge in [0.25, 0.3) is 0 Å². The van der Waals surface area contributed by atoms with Crippen molar-refractivity contribution in [3.05, 3.63) is 78.1 Å². The Kier molecular flexibility index (Phi) is 5.01. The molecule has 144 valence electrons. The highest BCUT2D eigenvalue weighted by molar-refractivity contribution is 7.22. The van der Waals surface area contributed by atoms with E-state index in [-0.39, 0.29) is 5.75 Å². The molecule has 5 nitrogen and oxygen atoms in total. The summed E-state index contributed by atoms with van der Waals surface area (Å²) in [5.41, 5.74) is 2.63. The number of rotatable bonds is 5. The molecular formula is C23H17NO4S. The van der Waals surface area contributed by atoms with Crippen LogP contribution in [-0.2, 0) is 4.79 Å². The normalized spacial score (nSPS) is 11.2. The van der Waals surface area contributed by atoms with Crippen molar-refractivity contribution in [2.24, 2.45) is 0 Å². The zero-order valence-electron chi connectivity index (χ0n) is 15.5. The fourth-order valence-electron chi connectivity index (χ4n) is 3.00. The van der Waals surface area contributed by atoms with Gasteiger partial charge in [0.1, 0.15) is 11.5 Å². The van der Waals surface area contributed by atoms with Crippen molar-refractivity contribution in [1.82, 2.24) is 4.98 Å². The molecule has 0 saturated carbocycles. The molecule has 0 atom stereocenters. The monoisotopic (exact) mass is 403 g/mol. The smallest absolute Gasteiger partial charge is 0.328 e. The van der Waals surface area contributed by atoms with Crippen molar-refractivity contribution in [1.29, 1.82) is 0 Å². The molecule has 0 saturated heterocycles. The van der Waals surface area contributed by atoms with Crippen LogP contribution in [0.15, 0.2) is 66.9 Å². The van der Waals surface area contributed by atoms with Gasteiger partial charge in [0.15, 0.2) is 5.75 Å². The lowest BCUT2D eigenvalue weighted by Gasteiger charge is -2.09. The van der Waals surface area contributed by atoms with Gasteiger partial charge in [-0.3, -0.25) is 4.98 Å². The molecule has 0 unspecified atom stereocenters. The summed E-state index contributed by atoms with van der Waals surface area (Å²) >= 11 is 1.54. The molecule has 0 spiro atoms. The molecule has 4 rings (SSSR count). The minimum Gasteiger partial charge on any atom is -0.508 e. The van der Waals surface area contributed by atoms with Gasteiger partial charge in [-0.2, -0.15) is 0 Å². The van der Waals surface area contributed by atoms with Crippen molar-refractivity contribution in [2.75, 3.05) is 0 Å². The topological polar surface area (TPSA) is 79.7 Å². The minimum atomic E-state index is -0.991. The highest BCUT2D eigenvalue weighted by Gasteiger charge is 2.18. The Morgan fingerprint density at radius 2 is 1.93 bits per heavy atom. The van der Waals surface area contributed by atoms with Crippen molar-refractivity contribution < 1.29 is 19.7 Å². The fourth-order valence-corrected chi connectivity index (χ4v) is 4.24. The molecule has 0 aliphatic carbocycles. The third kappa shape index (κ3) is 3.97. The number of thiophene rings is 1. The highest BCUT2D eigenvalue weighted by Crippen LogP contribution is 2.47. The molecule has 2 heterocycles. The van der Waals surface area contributed by atoms with Gasteiger partial charge in [-0.05, 0) is 55.0 Å². The Morgan fingerprint density at radius 3 is 2.66 bits per heavy atom. The molecule has 0 aliphatic heterocycles. The fraction of sp³-hybridized carbons (Fsp3) is 0.0435. The van der Waals surface area contributed by atoms with Gasteiger partial charge in [-0.1, -0.05) is 18.2 Å². The van der Waals surface area contributed by atoms with Crippen LogP contribution in [0.4, 0.5) is 0 Å². The van der Waals surface area contributed by atoms with Gasteiger partial charge in [-0.25, -0.2) is 4.79 Å². The van der Waals surface area contributed by atoms with Crippen LogP contribution < -0.4 is 4.74 Å². The van der Waals surface area contributed by atoms with Gasteiger partial charge in [-0.15, -0.1) is 11.3 Å². The van der Waals surface area contributed by atoms with Crippen LogP contribution in [0.1, 0.15) is 11.3 Å². The number of ether oxygens (including phenoxy) is 1.